The van der Waals surface area contributed by atoms with E-state index in [1.807, 2.05) is 37.3 Å². The maximum atomic E-state index is 12.4. The van der Waals surface area contributed by atoms with Gasteiger partial charge in [-0.25, -0.2) is 4.79 Å². The van der Waals surface area contributed by atoms with Crippen molar-refractivity contribution in [2.75, 3.05) is 27.9 Å². The fraction of sp³-hybridized carbons (Fsp3) is 0.300. The fourth-order valence-corrected chi connectivity index (χ4v) is 2.58. The molecule has 1 N–H and O–H groups in total. The van der Waals surface area contributed by atoms with Crippen LogP contribution in [0, 0.1) is 0 Å². The summed E-state index contributed by atoms with van der Waals surface area (Å²) in [5.41, 5.74) is 1.10. The summed E-state index contributed by atoms with van der Waals surface area (Å²) in [6.45, 7) is 1.44. The van der Waals surface area contributed by atoms with Crippen LogP contribution in [-0.2, 0) is 9.53 Å². The largest absolute Gasteiger partial charge is 0.493 e. The van der Waals surface area contributed by atoms with Crippen LogP contribution in [0.25, 0.3) is 0 Å². The van der Waals surface area contributed by atoms with E-state index in [0.29, 0.717) is 5.75 Å². The summed E-state index contributed by atoms with van der Waals surface area (Å²) in [7, 11) is 4.32. The van der Waals surface area contributed by atoms with Crippen LogP contribution >= 0.6 is 0 Å². The SMILES string of the molecule is COc1ccc(C(=O)OCC(=O)N[C@H](C)c2ccccc2)c(OC)c1OC. The van der Waals surface area contributed by atoms with Crippen molar-refractivity contribution in [3.8, 4) is 17.2 Å². The molecule has 0 heterocycles. The normalized spacial score (nSPS) is 11.3. The molecule has 0 aliphatic carbocycles. The molecule has 144 valence electrons. The predicted octanol–water partition coefficient (Wildman–Crippen LogP) is 2.75. The van der Waals surface area contributed by atoms with E-state index >= 15 is 0 Å². The zero-order chi connectivity index (χ0) is 19.8. The summed E-state index contributed by atoms with van der Waals surface area (Å²) in [5.74, 6) is -0.230. The Kier molecular flexibility index (Phi) is 7.05. The molecule has 7 heteroatoms. The zero-order valence-electron chi connectivity index (χ0n) is 15.8. The number of ether oxygens (including phenoxy) is 4. The Bertz CT molecular complexity index is 791. The van der Waals surface area contributed by atoms with Crippen LogP contribution in [0.5, 0.6) is 17.2 Å². The number of methoxy groups -OCH3 is 3. The minimum Gasteiger partial charge on any atom is -0.493 e. The summed E-state index contributed by atoms with van der Waals surface area (Å²) in [5, 5.41) is 2.78. The van der Waals surface area contributed by atoms with E-state index in [4.69, 9.17) is 18.9 Å². The maximum absolute atomic E-state index is 12.4. The van der Waals surface area contributed by atoms with E-state index < -0.39 is 18.5 Å². The van der Waals surface area contributed by atoms with E-state index in [1.54, 1.807) is 6.07 Å². The van der Waals surface area contributed by atoms with Gasteiger partial charge in [0.2, 0.25) is 5.75 Å². The van der Waals surface area contributed by atoms with Gasteiger partial charge in [-0.3, -0.25) is 4.79 Å². The molecule has 0 saturated carbocycles. The highest BCUT2D eigenvalue weighted by molar-refractivity contribution is 5.95. The second kappa shape index (κ2) is 9.47. The Morgan fingerprint density at radius 3 is 2.19 bits per heavy atom. The lowest BCUT2D eigenvalue weighted by atomic mass is 10.1. The Morgan fingerprint density at radius 1 is 0.926 bits per heavy atom. The fourth-order valence-electron chi connectivity index (χ4n) is 2.58. The van der Waals surface area contributed by atoms with Crippen LogP contribution in [0.4, 0.5) is 0 Å². The molecular formula is C20H23NO6. The van der Waals surface area contributed by atoms with E-state index in [9.17, 15) is 9.59 Å². The molecule has 1 amide bonds. The molecule has 2 rings (SSSR count). The van der Waals surface area contributed by atoms with Gasteiger partial charge in [-0.15, -0.1) is 0 Å². The third-order valence-electron chi connectivity index (χ3n) is 3.94. The van der Waals surface area contributed by atoms with Crippen LogP contribution in [0.15, 0.2) is 42.5 Å². The number of rotatable bonds is 8. The van der Waals surface area contributed by atoms with Gasteiger partial charge in [0.1, 0.15) is 5.56 Å². The average molecular weight is 373 g/mol. The molecule has 0 spiro atoms. The monoisotopic (exact) mass is 373 g/mol. The third-order valence-corrected chi connectivity index (χ3v) is 3.94. The number of hydrogen-bond acceptors (Lipinski definition) is 6. The molecule has 2 aromatic carbocycles. The molecule has 0 bridgehead atoms. The summed E-state index contributed by atoms with van der Waals surface area (Å²) in [4.78, 5) is 24.5. The van der Waals surface area contributed by atoms with Crippen molar-refractivity contribution in [2.24, 2.45) is 0 Å². The molecule has 7 nitrogen and oxygen atoms in total. The number of nitrogens with one attached hydrogen (secondary N) is 1. The minimum atomic E-state index is -0.699. The quantitative estimate of drug-likeness (QED) is 0.717. The lowest BCUT2D eigenvalue weighted by Crippen LogP contribution is -2.31. The van der Waals surface area contributed by atoms with Crippen molar-refractivity contribution < 1.29 is 28.5 Å². The van der Waals surface area contributed by atoms with Crippen molar-refractivity contribution in [1.29, 1.82) is 0 Å². The number of esters is 1. The van der Waals surface area contributed by atoms with Crippen molar-refractivity contribution in [1.82, 2.24) is 5.32 Å². The number of carbonyl (C=O) groups excluding carboxylic acids is 2. The number of amides is 1. The van der Waals surface area contributed by atoms with E-state index in [0.717, 1.165) is 5.56 Å². The first kappa shape index (κ1) is 20.1. The number of carbonyl (C=O) groups is 2. The molecule has 0 aromatic heterocycles. The Labute approximate surface area is 158 Å². The first-order valence-corrected chi connectivity index (χ1v) is 8.32. The second-order valence-electron chi connectivity index (χ2n) is 5.66. The topological polar surface area (TPSA) is 83.1 Å². The standard InChI is InChI=1S/C20H23NO6/c1-13(14-8-6-5-7-9-14)21-17(22)12-27-20(23)15-10-11-16(24-2)19(26-4)18(15)25-3/h5-11,13H,12H2,1-4H3,(H,21,22)/t13-/m1/s1. The second-order valence-corrected chi connectivity index (χ2v) is 5.66. The molecule has 1 atom stereocenters. The van der Waals surface area contributed by atoms with Crippen molar-refractivity contribution in [3.05, 3.63) is 53.6 Å². The van der Waals surface area contributed by atoms with Gasteiger partial charge in [-0.05, 0) is 24.6 Å². The summed E-state index contributed by atoms with van der Waals surface area (Å²) in [6, 6.07) is 12.4. The highest BCUT2D eigenvalue weighted by Crippen LogP contribution is 2.39. The van der Waals surface area contributed by atoms with Crippen molar-refractivity contribution in [2.45, 2.75) is 13.0 Å². The molecule has 0 unspecified atom stereocenters. The first-order valence-electron chi connectivity index (χ1n) is 8.32. The maximum Gasteiger partial charge on any atom is 0.342 e. The molecule has 0 saturated heterocycles. The highest BCUT2D eigenvalue weighted by Gasteiger charge is 2.22. The molecule has 0 aliphatic rings. The van der Waals surface area contributed by atoms with Gasteiger partial charge >= 0.3 is 5.97 Å². The molecular weight excluding hydrogens is 350 g/mol. The third kappa shape index (κ3) is 4.91. The highest BCUT2D eigenvalue weighted by atomic mass is 16.5. The average Bonchev–Trinajstić information content (AvgIpc) is 2.71. The zero-order valence-corrected chi connectivity index (χ0v) is 15.8. The molecule has 2 aromatic rings. The predicted molar refractivity (Wildman–Crippen MR) is 99.4 cm³/mol. The smallest absolute Gasteiger partial charge is 0.342 e. The number of hydrogen-bond donors (Lipinski definition) is 1. The molecule has 27 heavy (non-hydrogen) atoms. The van der Waals surface area contributed by atoms with Crippen molar-refractivity contribution in [3.63, 3.8) is 0 Å². The van der Waals surface area contributed by atoms with Crippen LogP contribution < -0.4 is 19.5 Å². The van der Waals surface area contributed by atoms with Crippen LogP contribution in [-0.4, -0.2) is 39.8 Å². The van der Waals surface area contributed by atoms with Gasteiger partial charge in [0.25, 0.3) is 5.91 Å². The molecule has 0 fully saturated rings. The van der Waals surface area contributed by atoms with Gasteiger partial charge in [-0.2, -0.15) is 0 Å². The Balaban J connectivity index is 2.02. The van der Waals surface area contributed by atoms with Gasteiger partial charge in [-0.1, -0.05) is 30.3 Å². The first-order chi connectivity index (χ1) is 13.0. The summed E-state index contributed by atoms with van der Waals surface area (Å²) in [6.07, 6.45) is 0. The van der Waals surface area contributed by atoms with Crippen LogP contribution in [0.2, 0.25) is 0 Å². The summed E-state index contributed by atoms with van der Waals surface area (Å²) >= 11 is 0. The van der Waals surface area contributed by atoms with Crippen LogP contribution in [0.3, 0.4) is 0 Å². The van der Waals surface area contributed by atoms with E-state index in [2.05, 4.69) is 5.32 Å². The minimum absolute atomic E-state index is 0.138. The lowest BCUT2D eigenvalue weighted by Gasteiger charge is -2.16. The van der Waals surface area contributed by atoms with Crippen LogP contribution in [0.1, 0.15) is 28.9 Å². The number of benzene rings is 2. The van der Waals surface area contributed by atoms with E-state index in [1.165, 1.54) is 27.4 Å². The lowest BCUT2D eigenvalue weighted by molar-refractivity contribution is -0.124. The van der Waals surface area contributed by atoms with Gasteiger partial charge in [0.15, 0.2) is 18.1 Å². The van der Waals surface area contributed by atoms with Crippen molar-refractivity contribution >= 4 is 11.9 Å². The van der Waals surface area contributed by atoms with Gasteiger partial charge in [0, 0.05) is 0 Å². The molecule has 0 aliphatic heterocycles. The Hall–Kier alpha value is -3.22. The van der Waals surface area contributed by atoms with Gasteiger partial charge < -0.3 is 24.3 Å². The summed E-state index contributed by atoms with van der Waals surface area (Å²) < 4.78 is 20.8. The Morgan fingerprint density at radius 2 is 1.59 bits per heavy atom. The van der Waals surface area contributed by atoms with Gasteiger partial charge in [0.05, 0.1) is 27.4 Å². The van der Waals surface area contributed by atoms with E-state index in [-0.39, 0.29) is 23.1 Å². The molecule has 0 radical (unpaired) electrons.